The van der Waals surface area contributed by atoms with Crippen molar-refractivity contribution in [2.45, 2.75) is 18.4 Å². The van der Waals surface area contributed by atoms with Gasteiger partial charge in [-0.15, -0.1) is 24.2 Å². The first-order chi connectivity index (χ1) is 7.67. The van der Waals surface area contributed by atoms with Crippen LogP contribution < -0.4 is 10.6 Å². The van der Waals surface area contributed by atoms with Crippen LogP contribution in [0.3, 0.4) is 0 Å². The van der Waals surface area contributed by atoms with Gasteiger partial charge < -0.3 is 10.6 Å². The zero-order valence-electron chi connectivity index (χ0n) is 10.4. The molecule has 0 atom stereocenters. The van der Waals surface area contributed by atoms with Crippen LogP contribution in [-0.2, 0) is 11.3 Å². The van der Waals surface area contributed by atoms with E-state index >= 15 is 0 Å². The number of benzene rings is 1. The quantitative estimate of drug-likeness (QED) is 0.807. The van der Waals surface area contributed by atoms with E-state index in [0.717, 1.165) is 0 Å². The molecular weight excluding hydrogens is 256 g/mol. The minimum Gasteiger partial charge on any atom is -0.351 e. The number of carbonyl (C=O) groups excluding carboxylic acids is 1. The molecule has 1 amide bonds. The highest BCUT2D eigenvalue weighted by Crippen LogP contribution is 2.21. The van der Waals surface area contributed by atoms with Crippen molar-refractivity contribution in [3.63, 3.8) is 0 Å². The van der Waals surface area contributed by atoms with Crippen LogP contribution in [0.1, 0.15) is 11.1 Å². The van der Waals surface area contributed by atoms with Gasteiger partial charge in [-0.05, 0) is 37.4 Å². The molecule has 1 aromatic carbocycles. The molecule has 0 aliphatic carbocycles. The molecule has 0 bridgehead atoms. The third kappa shape index (κ3) is 5.44. The summed E-state index contributed by atoms with van der Waals surface area (Å²) >= 11 is 1.71. The molecule has 0 saturated carbocycles. The summed E-state index contributed by atoms with van der Waals surface area (Å²) in [6.07, 6.45) is 2.05. The van der Waals surface area contributed by atoms with E-state index in [-0.39, 0.29) is 18.3 Å². The van der Waals surface area contributed by atoms with E-state index in [1.54, 1.807) is 18.8 Å². The van der Waals surface area contributed by atoms with Crippen LogP contribution in [0.25, 0.3) is 0 Å². The Bertz CT molecular complexity index is 372. The molecule has 96 valence electrons. The Hall–Kier alpha value is -0.710. The van der Waals surface area contributed by atoms with Gasteiger partial charge in [0.15, 0.2) is 0 Å². The second-order valence-electron chi connectivity index (χ2n) is 3.62. The molecule has 0 saturated heterocycles. The molecule has 1 aromatic rings. The van der Waals surface area contributed by atoms with E-state index in [1.807, 2.05) is 6.26 Å². The molecule has 2 N–H and O–H groups in total. The lowest BCUT2D eigenvalue weighted by molar-refractivity contribution is -0.120. The van der Waals surface area contributed by atoms with Crippen LogP contribution in [0.15, 0.2) is 23.1 Å². The summed E-state index contributed by atoms with van der Waals surface area (Å²) in [6, 6.07) is 6.28. The summed E-state index contributed by atoms with van der Waals surface area (Å²) in [5.74, 6) is 0.0233. The average molecular weight is 275 g/mol. The fourth-order valence-corrected chi connectivity index (χ4v) is 2.12. The third-order valence-electron chi connectivity index (χ3n) is 2.26. The van der Waals surface area contributed by atoms with Gasteiger partial charge >= 0.3 is 0 Å². The Balaban J connectivity index is 0.00000256. The van der Waals surface area contributed by atoms with E-state index in [9.17, 15) is 4.79 Å². The third-order valence-corrected chi connectivity index (χ3v) is 3.08. The number of aryl methyl sites for hydroxylation is 1. The molecule has 0 aromatic heterocycles. The highest BCUT2D eigenvalue weighted by atomic mass is 35.5. The Morgan fingerprint density at radius 3 is 2.71 bits per heavy atom. The molecule has 3 nitrogen and oxygen atoms in total. The fourth-order valence-electron chi connectivity index (χ4n) is 1.41. The SMILES string of the molecule is CNCC(=O)NCc1ccc(C)cc1SC.Cl. The van der Waals surface area contributed by atoms with Gasteiger partial charge in [-0.3, -0.25) is 4.79 Å². The number of hydrogen-bond acceptors (Lipinski definition) is 3. The van der Waals surface area contributed by atoms with Crippen LogP contribution in [0.2, 0.25) is 0 Å². The van der Waals surface area contributed by atoms with E-state index in [1.165, 1.54) is 16.0 Å². The zero-order chi connectivity index (χ0) is 12.0. The second kappa shape index (κ2) is 8.39. The van der Waals surface area contributed by atoms with Crippen LogP contribution in [-0.4, -0.2) is 25.8 Å². The van der Waals surface area contributed by atoms with Gasteiger partial charge in [0.25, 0.3) is 0 Å². The number of rotatable bonds is 5. The number of nitrogens with one attached hydrogen (secondary N) is 2. The smallest absolute Gasteiger partial charge is 0.234 e. The first-order valence-corrected chi connectivity index (χ1v) is 6.44. The Morgan fingerprint density at radius 1 is 1.41 bits per heavy atom. The van der Waals surface area contributed by atoms with Gasteiger partial charge in [-0.25, -0.2) is 0 Å². The normalized spacial score (nSPS) is 9.59. The molecule has 5 heteroatoms. The van der Waals surface area contributed by atoms with Crippen LogP contribution in [0.5, 0.6) is 0 Å². The van der Waals surface area contributed by atoms with Crippen molar-refractivity contribution in [3.8, 4) is 0 Å². The van der Waals surface area contributed by atoms with Crippen molar-refractivity contribution < 1.29 is 4.79 Å². The van der Waals surface area contributed by atoms with E-state index < -0.39 is 0 Å². The predicted molar refractivity (Wildman–Crippen MR) is 76.0 cm³/mol. The van der Waals surface area contributed by atoms with Crippen molar-refractivity contribution >= 4 is 30.1 Å². The molecular formula is C12H19ClN2OS. The predicted octanol–water partition coefficient (Wildman–Crippen LogP) is 1.97. The number of amides is 1. The molecule has 17 heavy (non-hydrogen) atoms. The Labute approximate surface area is 113 Å². The number of carbonyl (C=O) groups is 1. The summed E-state index contributed by atoms with van der Waals surface area (Å²) in [6.45, 7) is 3.03. The molecule has 0 unspecified atom stereocenters. The second-order valence-corrected chi connectivity index (χ2v) is 4.47. The Morgan fingerprint density at radius 2 is 2.12 bits per heavy atom. The maximum atomic E-state index is 11.3. The van der Waals surface area contributed by atoms with Gasteiger partial charge in [0, 0.05) is 11.4 Å². The van der Waals surface area contributed by atoms with Gasteiger partial charge in [0.2, 0.25) is 5.91 Å². The average Bonchev–Trinajstić information content (AvgIpc) is 2.27. The number of hydrogen-bond donors (Lipinski definition) is 2. The van der Waals surface area contributed by atoms with Gasteiger partial charge in [0.1, 0.15) is 0 Å². The molecule has 0 heterocycles. The van der Waals surface area contributed by atoms with Crippen molar-refractivity contribution in [2.75, 3.05) is 19.8 Å². The summed E-state index contributed by atoms with van der Waals surface area (Å²) < 4.78 is 0. The lowest BCUT2D eigenvalue weighted by Crippen LogP contribution is -2.31. The summed E-state index contributed by atoms with van der Waals surface area (Å²) in [5.41, 5.74) is 2.41. The highest BCUT2D eigenvalue weighted by molar-refractivity contribution is 7.98. The van der Waals surface area contributed by atoms with E-state index in [0.29, 0.717) is 13.1 Å². The molecule has 0 fully saturated rings. The van der Waals surface area contributed by atoms with Crippen molar-refractivity contribution in [1.29, 1.82) is 0 Å². The summed E-state index contributed by atoms with van der Waals surface area (Å²) in [7, 11) is 1.76. The number of likely N-dealkylation sites (N-methyl/N-ethyl adjacent to an activating group) is 1. The lowest BCUT2D eigenvalue weighted by atomic mass is 10.1. The van der Waals surface area contributed by atoms with Gasteiger partial charge in [0.05, 0.1) is 6.54 Å². The minimum absolute atomic E-state index is 0. The van der Waals surface area contributed by atoms with E-state index in [2.05, 4.69) is 35.8 Å². The van der Waals surface area contributed by atoms with Crippen molar-refractivity contribution in [1.82, 2.24) is 10.6 Å². The van der Waals surface area contributed by atoms with Crippen LogP contribution >= 0.6 is 24.2 Å². The summed E-state index contributed by atoms with van der Waals surface area (Å²) in [5, 5.41) is 5.70. The maximum Gasteiger partial charge on any atom is 0.234 e. The highest BCUT2D eigenvalue weighted by Gasteiger charge is 2.04. The maximum absolute atomic E-state index is 11.3. The van der Waals surface area contributed by atoms with Crippen LogP contribution in [0, 0.1) is 6.92 Å². The fraction of sp³-hybridized carbons (Fsp3) is 0.417. The van der Waals surface area contributed by atoms with Gasteiger partial charge in [-0.1, -0.05) is 12.1 Å². The topological polar surface area (TPSA) is 41.1 Å². The van der Waals surface area contributed by atoms with Crippen molar-refractivity contribution in [3.05, 3.63) is 29.3 Å². The standard InChI is InChI=1S/C12H18N2OS.ClH/c1-9-4-5-10(11(6-9)16-3)7-14-12(15)8-13-2;/h4-6,13H,7-8H2,1-3H3,(H,14,15);1H. The first-order valence-electron chi connectivity index (χ1n) is 5.22. The van der Waals surface area contributed by atoms with Crippen molar-refractivity contribution in [2.24, 2.45) is 0 Å². The first kappa shape index (κ1) is 16.3. The van der Waals surface area contributed by atoms with Gasteiger partial charge in [-0.2, -0.15) is 0 Å². The molecule has 0 aliphatic heterocycles. The minimum atomic E-state index is 0. The molecule has 0 radical (unpaired) electrons. The monoisotopic (exact) mass is 274 g/mol. The summed E-state index contributed by atoms with van der Waals surface area (Å²) in [4.78, 5) is 12.5. The molecule has 0 aliphatic rings. The Kier molecular flexibility index (Phi) is 8.04. The number of thioether (sulfide) groups is 1. The van der Waals surface area contributed by atoms with Crippen LogP contribution in [0.4, 0.5) is 0 Å². The van der Waals surface area contributed by atoms with E-state index in [4.69, 9.17) is 0 Å². The molecule has 0 spiro atoms. The zero-order valence-corrected chi connectivity index (χ0v) is 12.0. The lowest BCUT2D eigenvalue weighted by Gasteiger charge is -2.09. The number of halogens is 1. The molecule has 1 rings (SSSR count). The largest absolute Gasteiger partial charge is 0.351 e.